The maximum Gasteiger partial charge on any atom is 0.301 e. The number of fused-ring (bicyclic) bond motifs is 2. The SMILES string of the molecule is CC(C)(C)[Si](C)(C)O[C@@H]1CO[C@@H]2C(Oc3nc4nc(I)c(Cl)cc4n3COCC[Si](C)(C)C)CO[C@@H]21. The summed E-state index contributed by atoms with van der Waals surface area (Å²) in [6, 6.07) is 3.39. The van der Waals surface area contributed by atoms with E-state index in [-0.39, 0.29) is 29.5 Å². The van der Waals surface area contributed by atoms with Crippen LogP contribution in [0.25, 0.3) is 11.2 Å². The van der Waals surface area contributed by atoms with Crippen molar-refractivity contribution >= 4 is 61.7 Å². The molecule has 4 atom stereocenters. The number of pyridine rings is 1. The van der Waals surface area contributed by atoms with Crippen LogP contribution >= 0.6 is 34.2 Å². The maximum absolute atomic E-state index is 6.64. The number of aromatic nitrogens is 3. The molecule has 0 amide bonds. The average Bonchev–Trinajstić information content (AvgIpc) is 3.40. The third-order valence-electron chi connectivity index (χ3n) is 7.31. The van der Waals surface area contributed by atoms with Gasteiger partial charge in [-0.25, -0.2) is 4.98 Å². The van der Waals surface area contributed by atoms with Crippen molar-refractivity contribution in [3.63, 3.8) is 0 Å². The molecular weight excluding hydrogens is 629 g/mol. The van der Waals surface area contributed by atoms with Crippen molar-refractivity contribution in [3.05, 3.63) is 14.8 Å². The van der Waals surface area contributed by atoms with Crippen LogP contribution in [0, 0.1) is 3.70 Å². The Hall–Kier alpha value is -0.286. The number of nitrogens with zero attached hydrogens (tertiary/aromatic N) is 3. The van der Waals surface area contributed by atoms with Crippen LogP contribution in [-0.4, -0.2) is 75.2 Å². The molecule has 4 rings (SSSR count). The monoisotopic (exact) mass is 667 g/mol. The molecule has 2 aliphatic heterocycles. The average molecular weight is 668 g/mol. The predicted octanol–water partition coefficient (Wildman–Crippen LogP) is 5.94. The van der Waals surface area contributed by atoms with Crippen LogP contribution in [0.1, 0.15) is 20.8 Å². The summed E-state index contributed by atoms with van der Waals surface area (Å²) < 4.78 is 34.1. The minimum atomic E-state index is -1.95. The minimum absolute atomic E-state index is 0.0877. The molecule has 2 aromatic heterocycles. The van der Waals surface area contributed by atoms with E-state index in [1.54, 1.807) is 0 Å². The predicted molar refractivity (Wildman–Crippen MR) is 155 cm³/mol. The summed E-state index contributed by atoms with van der Waals surface area (Å²) in [7, 11) is -3.15. The topological polar surface area (TPSA) is 76.9 Å². The molecule has 0 aliphatic carbocycles. The second-order valence-corrected chi connectivity index (χ2v) is 24.2. The molecular formula is C24H39ClIN3O5Si2. The number of imidazole rings is 1. The van der Waals surface area contributed by atoms with Gasteiger partial charge < -0.3 is 23.4 Å². The number of halogens is 2. The molecule has 0 radical (unpaired) electrons. The fourth-order valence-corrected chi connectivity index (χ4v) is 6.65. The van der Waals surface area contributed by atoms with Crippen molar-refractivity contribution in [2.45, 2.75) is 95.7 Å². The lowest BCUT2D eigenvalue weighted by Crippen LogP contribution is -2.47. The van der Waals surface area contributed by atoms with Gasteiger partial charge in [0, 0.05) is 14.7 Å². The van der Waals surface area contributed by atoms with Gasteiger partial charge in [0.1, 0.15) is 22.6 Å². The molecule has 2 fully saturated rings. The Morgan fingerprint density at radius 3 is 2.36 bits per heavy atom. The fraction of sp³-hybridized carbons (Fsp3) is 0.750. The van der Waals surface area contributed by atoms with Crippen molar-refractivity contribution in [3.8, 4) is 6.01 Å². The fourth-order valence-electron chi connectivity index (χ4n) is 4.05. The number of hydrogen-bond donors (Lipinski definition) is 0. The third kappa shape index (κ3) is 6.29. The maximum atomic E-state index is 6.64. The lowest BCUT2D eigenvalue weighted by Gasteiger charge is -2.39. The molecule has 0 spiro atoms. The van der Waals surface area contributed by atoms with Crippen molar-refractivity contribution in [1.29, 1.82) is 0 Å². The Morgan fingerprint density at radius 2 is 1.72 bits per heavy atom. The quantitative estimate of drug-likeness (QED) is 0.142. The van der Waals surface area contributed by atoms with Gasteiger partial charge in [-0.1, -0.05) is 52.0 Å². The molecule has 0 aromatic carbocycles. The van der Waals surface area contributed by atoms with E-state index in [2.05, 4.69) is 86.1 Å². The summed E-state index contributed by atoms with van der Waals surface area (Å²) in [6.45, 7) is 20.2. The summed E-state index contributed by atoms with van der Waals surface area (Å²) in [5.74, 6) is 0. The first kappa shape index (κ1) is 28.7. The molecule has 2 saturated heterocycles. The number of hydrogen-bond acceptors (Lipinski definition) is 7. The van der Waals surface area contributed by atoms with Crippen molar-refractivity contribution in [2.75, 3.05) is 19.8 Å². The second kappa shape index (κ2) is 10.7. The standard InChI is InChI=1S/C24H39ClIN3O5Si2/c1-24(2,3)36(7,8)34-18-13-32-19-17(12-31-20(18)19)33-23-28-22-16(11-15(25)21(26)27-22)29(23)14-30-9-10-35(4,5)6/h11,17-20H,9-10,12-14H2,1-8H3/t17?,18-,19-,20-/m1/s1. The molecule has 4 heterocycles. The van der Waals surface area contributed by atoms with Gasteiger partial charge in [0.2, 0.25) is 0 Å². The zero-order chi connectivity index (χ0) is 26.5. The summed E-state index contributed by atoms with van der Waals surface area (Å²) in [6.07, 6.45) is -0.744. The number of ether oxygens (including phenoxy) is 4. The van der Waals surface area contributed by atoms with Gasteiger partial charge in [-0.3, -0.25) is 4.57 Å². The summed E-state index contributed by atoms with van der Waals surface area (Å²) in [4.78, 5) is 9.25. The highest BCUT2D eigenvalue weighted by Crippen LogP contribution is 2.40. The number of rotatable bonds is 9. The molecule has 0 bridgehead atoms. The summed E-state index contributed by atoms with van der Waals surface area (Å²) in [5, 5.41) is 0.693. The molecule has 2 aliphatic rings. The van der Waals surface area contributed by atoms with Gasteiger partial charge >= 0.3 is 6.01 Å². The van der Waals surface area contributed by atoms with E-state index in [1.807, 2.05) is 10.6 Å². The molecule has 202 valence electrons. The Morgan fingerprint density at radius 1 is 1.08 bits per heavy atom. The molecule has 0 saturated carbocycles. The van der Waals surface area contributed by atoms with Crippen LogP contribution in [0.15, 0.2) is 6.07 Å². The smallest absolute Gasteiger partial charge is 0.301 e. The second-order valence-electron chi connectivity index (χ2n) is 12.4. The highest BCUT2D eigenvalue weighted by atomic mass is 127. The first-order valence-electron chi connectivity index (χ1n) is 12.5. The van der Waals surface area contributed by atoms with Crippen LogP contribution in [0.4, 0.5) is 0 Å². The van der Waals surface area contributed by atoms with Crippen molar-refractivity contribution < 1.29 is 23.4 Å². The molecule has 2 aromatic rings. The highest BCUT2D eigenvalue weighted by Gasteiger charge is 2.52. The normalized spacial score (nSPS) is 25.1. The van der Waals surface area contributed by atoms with Gasteiger partial charge in [-0.05, 0) is 52.8 Å². The lowest BCUT2D eigenvalue weighted by atomic mass is 10.1. The van der Waals surface area contributed by atoms with Gasteiger partial charge in [-0.15, -0.1) is 0 Å². The molecule has 8 nitrogen and oxygen atoms in total. The van der Waals surface area contributed by atoms with E-state index in [0.717, 1.165) is 11.6 Å². The van der Waals surface area contributed by atoms with E-state index < -0.39 is 16.4 Å². The van der Waals surface area contributed by atoms with E-state index >= 15 is 0 Å². The van der Waals surface area contributed by atoms with E-state index in [9.17, 15) is 0 Å². The van der Waals surface area contributed by atoms with Crippen LogP contribution in [-0.2, 0) is 25.4 Å². The Bertz CT molecular complexity index is 1090. The largest absolute Gasteiger partial charge is 0.456 e. The van der Waals surface area contributed by atoms with Crippen LogP contribution in [0.2, 0.25) is 48.8 Å². The van der Waals surface area contributed by atoms with Crippen molar-refractivity contribution in [1.82, 2.24) is 14.5 Å². The first-order chi connectivity index (χ1) is 16.7. The van der Waals surface area contributed by atoms with E-state index in [1.165, 1.54) is 0 Å². The molecule has 36 heavy (non-hydrogen) atoms. The van der Waals surface area contributed by atoms with E-state index in [0.29, 0.717) is 46.9 Å². The van der Waals surface area contributed by atoms with Crippen molar-refractivity contribution in [2.24, 2.45) is 0 Å². The van der Waals surface area contributed by atoms with E-state index in [4.69, 9.17) is 35.0 Å². The first-order valence-corrected chi connectivity index (χ1v) is 20.6. The highest BCUT2D eigenvalue weighted by molar-refractivity contribution is 14.1. The molecule has 0 N–H and O–H groups in total. The minimum Gasteiger partial charge on any atom is -0.456 e. The van der Waals surface area contributed by atoms with Gasteiger partial charge in [-0.2, -0.15) is 4.98 Å². The Kier molecular flexibility index (Phi) is 8.54. The van der Waals surface area contributed by atoms with Crippen LogP contribution in [0.3, 0.4) is 0 Å². The van der Waals surface area contributed by atoms with Gasteiger partial charge in [0.05, 0.1) is 29.9 Å². The summed E-state index contributed by atoms with van der Waals surface area (Å²) in [5.41, 5.74) is 1.36. The zero-order valence-electron chi connectivity index (χ0n) is 22.6. The molecule has 1 unspecified atom stereocenters. The third-order valence-corrected chi connectivity index (χ3v) is 14.9. The van der Waals surface area contributed by atoms with Crippen LogP contribution < -0.4 is 4.74 Å². The Labute approximate surface area is 235 Å². The zero-order valence-corrected chi connectivity index (χ0v) is 27.5. The lowest BCUT2D eigenvalue weighted by molar-refractivity contribution is 0.00691. The van der Waals surface area contributed by atoms with Crippen LogP contribution in [0.5, 0.6) is 6.01 Å². The van der Waals surface area contributed by atoms with Gasteiger partial charge in [0.25, 0.3) is 0 Å². The molecule has 12 heteroatoms. The van der Waals surface area contributed by atoms with Gasteiger partial charge in [0.15, 0.2) is 20.1 Å². The summed E-state index contributed by atoms with van der Waals surface area (Å²) >= 11 is 8.51. The Balaban J connectivity index is 1.51.